The number of likely N-dealkylation sites (tertiary alicyclic amines) is 1. The fourth-order valence-electron chi connectivity index (χ4n) is 2.80. The van der Waals surface area contributed by atoms with Crippen LogP contribution in [0.25, 0.3) is 0 Å². The minimum atomic E-state index is -4.71. The Hall–Kier alpha value is -2.91. The molecule has 0 aliphatic carbocycles. The van der Waals surface area contributed by atoms with Gasteiger partial charge in [-0.15, -0.1) is 0 Å². The quantitative estimate of drug-likeness (QED) is 0.828. The zero-order valence-electron chi connectivity index (χ0n) is 14.3. The minimum Gasteiger partial charge on any atom is -0.340 e. The van der Waals surface area contributed by atoms with Gasteiger partial charge in [0.15, 0.2) is 0 Å². The zero-order valence-corrected chi connectivity index (χ0v) is 14.3. The number of anilines is 1. The van der Waals surface area contributed by atoms with E-state index in [1.807, 2.05) is 0 Å². The van der Waals surface area contributed by atoms with Crippen LogP contribution in [0.3, 0.4) is 0 Å². The molecule has 1 aliphatic rings. The van der Waals surface area contributed by atoms with Gasteiger partial charge in [-0.1, -0.05) is 0 Å². The molecule has 1 atom stereocenters. The maximum absolute atomic E-state index is 13.3. The summed E-state index contributed by atoms with van der Waals surface area (Å²) < 4.78 is 54.4. The van der Waals surface area contributed by atoms with Gasteiger partial charge in [0.2, 0.25) is 0 Å². The summed E-state index contributed by atoms with van der Waals surface area (Å²) >= 11 is 0. The summed E-state index contributed by atoms with van der Waals surface area (Å²) in [4.78, 5) is 29.6. The number of aryl methyl sites for hydroxylation is 1. The summed E-state index contributed by atoms with van der Waals surface area (Å²) in [5.74, 6) is -1.42. The molecule has 1 aromatic carbocycles. The van der Waals surface area contributed by atoms with Crippen LogP contribution in [0.5, 0.6) is 0 Å². The van der Waals surface area contributed by atoms with E-state index >= 15 is 0 Å². The third-order valence-corrected chi connectivity index (χ3v) is 4.12. The number of alkyl halides is 4. The number of imidazole rings is 1. The monoisotopic (exact) mass is 384 g/mol. The van der Waals surface area contributed by atoms with E-state index in [-0.39, 0.29) is 36.5 Å². The molecule has 3 rings (SSSR count). The largest absolute Gasteiger partial charge is 0.416 e. The highest BCUT2D eigenvalue weighted by molar-refractivity contribution is 6.04. The van der Waals surface area contributed by atoms with Crippen molar-refractivity contribution in [2.45, 2.75) is 18.8 Å². The molecular weight excluding hydrogens is 368 g/mol. The van der Waals surface area contributed by atoms with Gasteiger partial charge in [0.1, 0.15) is 11.9 Å². The van der Waals surface area contributed by atoms with Gasteiger partial charge in [0, 0.05) is 31.0 Å². The summed E-state index contributed by atoms with van der Waals surface area (Å²) in [5, 5.41) is 2.32. The molecule has 2 amide bonds. The molecule has 1 N–H and O–H groups in total. The third-order valence-electron chi connectivity index (χ3n) is 4.12. The maximum atomic E-state index is 13.3. The molecule has 1 saturated heterocycles. The average Bonchev–Trinajstić information content (AvgIpc) is 3.21. The summed E-state index contributed by atoms with van der Waals surface area (Å²) in [6.45, 7) is -0.0312. The second-order valence-corrected chi connectivity index (χ2v) is 6.31. The van der Waals surface area contributed by atoms with Crippen LogP contribution in [-0.2, 0) is 13.2 Å². The summed E-state index contributed by atoms with van der Waals surface area (Å²) in [7, 11) is 1.64. The highest BCUT2D eigenvalue weighted by atomic mass is 19.4. The van der Waals surface area contributed by atoms with E-state index in [0.29, 0.717) is 6.07 Å². The van der Waals surface area contributed by atoms with Gasteiger partial charge >= 0.3 is 6.18 Å². The highest BCUT2D eigenvalue weighted by Crippen LogP contribution is 2.32. The van der Waals surface area contributed by atoms with Gasteiger partial charge in [-0.2, -0.15) is 13.2 Å². The molecule has 144 valence electrons. The molecule has 0 saturated carbocycles. The van der Waals surface area contributed by atoms with Crippen molar-refractivity contribution >= 4 is 17.5 Å². The Kier molecular flexibility index (Phi) is 4.90. The standard InChI is InChI=1S/C17H16F4N4O2/c1-24-8-14(22-9-24)15(26)23-13-5-10(4-11(6-13)17(19,20)21)16(27)25-3-2-12(18)7-25/h4-6,8-9,12H,2-3,7H2,1H3,(H,23,26)/t12-/m1/s1. The lowest BCUT2D eigenvalue weighted by Gasteiger charge is -2.18. The SMILES string of the molecule is Cn1cnc(C(=O)Nc2cc(C(=O)N3CC[C@@H](F)C3)cc(C(F)(F)F)c2)c1. The number of benzene rings is 1. The number of nitrogens with one attached hydrogen (secondary N) is 1. The number of halogens is 4. The second-order valence-electron chi connectivity index (χ2n) is 6.31. The number of carbonyl (C=O) groups excluding carboxylic acids is 2. The van der Waals surface area contributed by atoms with Gasteiger partial charge in [0.05, 0.1) is 18.4 Å². The molecule has 27 heavy (non-hydrogen) atoms. The fourth-order valence-corrected chi connectivity index (χ4v) is 2.80. The van der Waals surface area contributed by atoms with Crippen molar-refractivity contribution in [1.29, 1.82) is 0 Å². The molecule has 2 aromatic rings. The smallest absolute Gasteiger partial charge is 0.340 e. The van der Waals surface area contributed by atoms with Crippen molar-refractivity contribution in [2.75, 3.05) is 18.4 Å². The van der Waals surface area contributed by atoms with E-state index in [9.17, 15) is 27.2 Å². The Balaban J connectivity index is 1.91. The number of amides is 2. The molecule has 1 aliphatic heterocycles. The van der Waals surface area contributed by atoms with E-state index in [2.05, 4.69) is 10.3 Å². The maximum Gasteiger partial charge on any atom is 0.416 e. The average molecular weight is 384 g/mol. The Morgan fingerprint density at radius 2 is 2.00 bits per heavy atom. The fraction of sp³-hybridized carbons (Fsp3) is 0.353. The molecular formula is C17H16F4N4O2. The Morgan fingerprint density at radius 1 is 1.26 bits per heavy atom. The normalized spacial score (nSPS) is 17.2. The van der Waals surface area contributed by atoms with Crippen molar-refractivity contribution in [3.63, 3.8) is 0 Å². The molecule has 6 nitrogen and oxygen atoms in total. The number of hydrogen-bond acceptors (Lipinski definition) is 3. The van der Waals surface area contributed by atoms with Gasteiger partial charge in [0.25, 0.3) is 11.8 Å². The van der Waals surface area contributed by atoms with Crippen LogP contribution in [0.2, 0.25) is 0 Å². The van der Waals surface area contributed by atoms with Crippen molar-refractivity contribution in [1.82, 2.24) is 14.5 Å². The summed E-state index contributed by atoms with van der Waals surface area (Å²) in [5.41, 5.74) is -1.53. The predicted molar refractivity (Wildman–Crippen MR) is 88.0 cm³/mol. The van der Waals surface area contributed by atoms with Crippen LogP contribution in [-0.4, -0.2) is 45.5 Å². The second kappa shape index (κ2) is 7.01. The van der Waals surface area contributed by atoms with Gasteiger partial charge < -0.3 is 14.8 Å². The first-order valence-electron chi connectivity index (χ1n) is 8.08. The van der Waals surface area contributed by atoms with Crippen LogP contribution < -0.4 is 5.32 Å². The molecule has 0 radical (unpaired) electrons. The topological polar surface area (TPSA) is 67.2 Å². The number of rotatable bonds is 3. The first-order valence-corrected chi connectivity index (χ1v) is 8.08. The first kappa shape index (κ1) is 18.9. The van der Waals surface area contributed by atoms with Crippen molar-refractivity contribution in [3.05, 3.63) is 47.5 Å². The molecule has 2 heterocycles. The Morgan fingerprint density at radius 3 is 2.56 bits per heavy atom. The molecule has 1 aromatic heterocycles. The van der Waals surface area contributed by atoms with Crippen molar-refractivity contribution < 1.29 is 27.2 Å². The summed E-state index contributed by atoms with van der Waals surface area (Å²) in [6, 6.07) is 2.58. The molecule has 10 heteroatoms. The highest BCUT2D eigenvalue weighted by Gasteiger charge is 2.33. The van der Waals surface area contributed by atoms with Gasteiger partial charge in [-0.25, -0.2) is 9.37 Å². The molecule has 0 bridgehead atoms. The number of aromatic nitrogens is 2. The lowest BCUT2D eigenvalue weighted by atomic mass is 10.1. The minimum absolute atomic E-state index is 0.0163. The molecule has 0 spiro atoms. The van der Waals surface area contributed by atoms with Crippen LogP contribution in [0.1, 0.15) is 32.8 Å². The molecule has 0 unspecified atom stereocenters. The van der Waals surface area contributed by atoms with Crippen LogP contribution in [0.15, 0.2) is 30.7 Å². The van der Waals surface area contributed by atoms with E-state index in [0.717, 1.165) is 17.0 Å². The van der Waals surface area contributed by atoms with E-state index < -0.39 is 29.7 Å². The summed E-state index contributed by atoms with van der Waals surface area (Å²) in [6.07, 6.45) is -2.98. The molecule has 1 fully saturated rings. The van der Waals surface area contributed by atoms with Crippen LogP contribution >= 0.6 is 0 Å². The van der Waals surface area contributed by atoms with Gasteiger partial charge in [-0.3, -0.25) is 9.59 Å². The van der Waals surface area contributed by atoms with Crippen LogP contribution in [0, 0.1) is 0 Å². The van der Waals surface area contributed by atoms with E-state index in [1.54, 1.807) is 7.05 Å². The van der Waals surface area contributed by atoms with Crippen molar-refractivity contribution in [2.24, 2.45) is 7.05 Å². The Bertz CT molecular complexity index is 878. The number of carbonyl (C=O) groups is 2. The van der Waals surface area contributed by atoms with Crippen molar-refractivity contribution in [3.8, 4) is 0 Å². The number of hydrogen-bond donors (Lipinski definition) is 1. The first-order chi connectivity index (χ1) is 12.6. The zero-order chi connectivity index (χ0) is 19.8. The Labute approximate surface area is 151 Å². The van der Waals surface area contributed by atoms with E-state index in [4.69, 9.17) is 0 Å². The lowest BCUT2D eigenvalue weighted by Crippen LogP contribution is -2.29. The lowest BCUT2D eigenvalue weighted by molar-refractivity contribution is -0.137. The van der Waals surface area contributed by atoms with Gasteiger partial charge in [-0.05, 0) is 24.6 Å². The number of nitrogens with zero attached hydrogens (tertiary/aromatic N) is 3. The van der Waals surface area contributed by atoms with Crippen LogP contribution in [0.4, 0.5) is 23.2 Å². The van der Waals surface area contributed by atoms with E-state index in [1.165, 1.54) is 17.1 Å². The third kappa shape index (κ3) is 4.26. The predicted octanol–water partition coefficient (Wildman–Crippen LogP) is 2.88.